The second-order valence-electron chi connectivity index (χ2n) is 7.01. The van der Waals surface area contributed by atoms with Crippen LogP contribution in [0.25, 0.3) is 16.7 Å². The van der Waals surface area contributed by atoms with Crippen LogP contribution in [0.2, 0.25) is 0 Å². The lowest BCUT2D eigenvalue weighted by Crippen LogP contribution is -2.45. The molecule has 0 saturated carbocycles. The zero-order chi connectivity index (χ0) is 21.1. The van der Waals surface area contributed by atoms with Gasteiger partial charge in [-0.25, -0.2) is 18.9 Å². The molecule has 0 unspecified atom stereocenters. The average molecular weight is 418 g/mol. The molecule has 0 spiro atoms. The minimum Gasteiger partial charge on any atom is -0.351 e. The van der Waals surface area contributed by atoms with Crippen LogP contribution < -0.4 is 4.90 Å². The van der Waals surface area contributed by atoms with Crippen LogP contribution >= 0.6 is 0 Å². The number of piperazine rings is 1. The van der Waals surface area contributed by atoms with Crippen molar-refractivity contribution in [3.8, 4) is 0 Å². The molecule has 0 amide bonds. The molecule has 6 nitrogen and oxygen atoms in total. The van der Waals surface area contributed by atoms with E-state index in [0.29, 0.717) is 31.0 Å². The van der Waals surface area contributed by atoms with E-state index in [1.54, 1.807) is 6.92 Å². The molecular formula is C17H16F6N6. The van der Waals surface area contributed by atoms with Crippen molar-refractivity contribution in [1.82, 2.24) is 24.5 Å². The summed E-state index contributed by atoms with van der Waals surface area (Å²) in [5, 5.41) is 4.11. The number of aromatic nitrogens is 4. The molecule has 29 heavy (non-hydrogen) atoms. The van der Waals surface area contributed by atoms with E-state index in [1.165, 1.54) is 0 Å². The molecule has 0 N–H and O–H groups in total. The first-order chi connectivity index (χ1) is 13.5. The number of aryl methyl sites for hydroxylation is 1. The van der Waals surface area contributed by atoms with Crippen LogP contribution in [0.15, 0.2) is 12.1 Å². The molecule has 1 saturated heterocycles. The van der Waals surface area contributed by atoms with E-state index in [4.69, 9.17) is 0 Å². The maximum Gasteiger partial charge on any atom is 0.458 e. The minimum absolute atomic E-state index is 0.0875. The van der Waals surface area contributed by atoms with Crippen LogP contribution in [0.4, 0.5) is 32.2 Å². The van der Waals surface area contributed by atoms with Crippen molar-refractivity contribution < 1.29 is 26.3 Å². The Balaban J connectivity index is 1.95. The van der Waals surface area contributed by atoms with Gasteiger partial charge in [0.1, 0.15) is 11.6 Å². The number of nitrogens with zero attached hydrogens (tertiary/aromatic N) is 6. The zero-order valence-electron chi connectivity index (χ0n) is 15.4. The molecule has 3 aromatic rings. The van der Waals surface area contributed by atoms with Gasteiger partial charge in [0.15, 0.2) is 11.5 Å². The summed E-state index contributed by atoms with van der Waals surface area (Å²) < 4.78 is 81.4. The van der Waals surface area contributed by atoms with Crippen molar-refractivity contribution in [1.29, 1.82) is 0 Å². The van der Waals surface area contributed by atoms with Gasteiger partial charge in [-0.05, 0) is 20.0 Å². The Bertz CT molecular complexity index is 1080. The highest BCUT2D eigenvalue weighted by Gasteiger charge is 2.60. The van der Waals surface area contributed by atoms with E-state index in [0.717, 1.165) is 17.6 Å². The lowest BCUT2D eigenvalue weighted by molar-refractivity contribution is -0.290. The molecule has 0 aliphatic carbocycles. The number of anilines is 1. The molecule has 156 valence electrons. The number of hydrogen-bond acceptors (Lipinski definition) is 5. The van der Waals surface area contributed by atoms with E-state index in [-0.39, 0.29) is 22.5 Å². The van der Waals surface area contributed by atoms with Crippen molar-refractivity contribution in [3.63, 3.8) is 0 Å². The van der Waals surface area contributed by atoms with E-state index < -0.39 is 23.5 Å². The second kappa shape index (κ2) is 6.44. The normalized spacial score (nSPS) is 16.9. The monoisotopic (exact) mass is 418 g/mol. The maximum atomic E-state index is 14.3. The highest BCUT2D eigenvalue weighted by molar-refractivity contribution is 5.83. The van der Waals surface area contributed by atoms with Crippen LogP contribution in [0, 0.1) is 12.7 Å². The number of halogens is 6. The Labute approximate surface area is 160 Å². The van der Waals surface area contributed by atoms with Crippen LogP contribution in [-0.2, 0) is 5.92 Å². The van der Waals surface area contributed by atoms with Crippen molar-refractivity contribution >= 4 is 22.5 Å². The molecule has 4 rings (SSSR count). The quantitative estimate of drug-likeness (QED) is 0.599. The smallest absolute Gasteiger partial charge is 0.351 e. The maximum absolute atomic E-state index is 14.3. The van der Waals surface area contributed by atoms with Crippen LogP contribution in [0.5, 0.6) is 0 Å². The van der Waals surface area contributed by atoms with Gasteiger partial charge in [0.05, 0.1) is 16.6 Å². The van der Waals surface area contributed by atoms with Gasteiger partial charge in [-0.2, -0.15) is 27.1 Å². The first-order valence-electron chi connectivity index (χ1n) is 8.74. The first kappa shape index (κ1) is 19.7. The minimum atomic E-state index is -5.94. The third-order valence-electron chi connectivity index (χ3n) is 4.93. The highest BCUT2D eigenvalue weighted by Crippen LogP contribution is 2.45. The van der Waals surface area contributed by atoms with Gasteiger partial charge < -0.3 is 9.80 Å². The number of rotatable bonds is 2. The lowest BCUT2D eigenvalue weighted by atomic mass is 10.1. The predicted molar refractivity (Wildman–Crippen MR) is 92.6 cm³/mol. The van der Waals surface area contributed by atoms with Gasteiger partial charge in [0, 0.05) is 32.2 Å². The molecule has 1 fully saturated rings. The Morgan fingerprint density at radius 1 is 0.966 bits per heavy atom. The third kappa shape index (κ3) is 3.15. The van der Waals surface area contributed by atoms with Crippen LogP contribution in [0.1, 0.15) is 11.4 Å². The van der Waals surface area contributed by atoms with Crippen molar-refractivity contribution in [2.45, 2.75) is 19.0 Å². The van der Waals surface area contributed by atoms with Crippen molar-refractivity contribution in [3.05, 3.63) is 29.3 Å². The summed E-state index contributed by atoms with van der Waals surface area (Å²) in [7, 11) is 1.96. The van der Waals surface area contributed by atoms with Gasteiger partial charge in [-0.3, -0.25) is 0 Å². The fraction of sp³-hybridized carbons (Fsp3) is 0.471. The lowest BCUT2D eigenvalue weighted by Gasteiger charge is -2.33. The summed E-state index contributed by atoms with van der Waals surface area (Å²) in [6, 6.07) is 1.03. The summed E-state index contributed by atoms with van der Waals surface area (Å²) in [5.74, 6) is -6.39. The summed E-state index contributed by atoms with van der Waals surface area (Å²) in [5.41, 5.74) is -1.83. The standard InChI is InChI=1S/C17H16F6N6/c1-9-24-15-14(28-5-3-27(2)4-6-28)25-12-8-11(18)10(7-13(12)29(15)26-9)16(19,20)17(21,22)23/h7-8H,3-6H2,1-2H3. The zero-order valence-corrected chi connectivity index (χ0v) is 15.4. The highest BCUT2D eigenvalue weighted by atomic mass is 19.4. The molecule has 3 heterocycles. The fourth-order valence-electron chi connectivity index (χ4n) is 3.33. The molecule has 0 atom stereocenters. The molecule has 1 aromatic carbocycles. The molecule has 0 bridgehead atoms. The second-order valence-corrected chi connectivity index (χ2v) is 7.01. The summed E-state index contributed by atoms with van der Waals surface area (Å²) in [4.78, 5) is 12.6. The molecule has 2 aromatic heterocycles. The Kier molecular flexibility index (Phi) is 4.37. The van der Waals surface area contributed by atoms with E-state index in [9.17, 15) is 26.3 Å². The Morgan fingerprint density at radius 3 is 2.24 bits per heavy atom. The number of fused-ring (bicyclic) bond motifs is 3. The van der Waals surface area contributed by atoms with Crippen LogP contribution in [0.3, 0.4) is 0 Å². The van der Waals surface area contributed by atoms with Gasteiger partial charge in [0.25, 0.3) is 0 Å². The molecule has 0 radical (unpaired) electrons. The van der Waals surface area contributed by atoms with Gasteiger partial charge in [-0.1, -0.05) is 0 Å². The van der Waals surface area contributed by atoms with E-state index in [1.807, 2.05) is 11.9 Å². The van der Waals surface area contributed by atoms with Gasteiger partial charge >= 0.3 is 12.1 Å². The molecule has 12 heteroatoms. The summed E-state index contributed by atoms with van der Waals surface area (Å²) in [6.45, 7) is 4.24. The van der Waals surface area contributed by atoms with Crippen molar-refractivity contribution in [2.75, 3.05) is 38.1 Å². The summed E-state index contributed by atoms with van der Waals surface area (Å²) in [6.07, 6.45) is -5.94. The summed E-state index contributed by atoms with van der Waals surface area (Å²) >= 11 is 0. The largest absolute Gasteiger partial charge is 0.458 e. The Hall–Kier alpha value is -2.63. The third-order valence-corrected chi connectivity index (χ3v) is 4.93. The fourth-order valence-corrected chi connectivity index (χ4v) is 3.33. The molecule has 1 aliphatic rings. The number of hydrogen-bond donors (Lipinski definition) is 0. The van der Waals surface area contributed by atoms with Gasteiger partial charge in [0.2, 0.25) is 0 Å². The van der Waals surface area contributed by atoms with E-state index in [2.05, 4.69) is 20.0 Å². The predicted octanol–water partition coefficient (Wildman–Crippen LogP) is 3.13. The van der Waals surface area contributed by atoms with Crippen molar-refractivity contribution in [2.24, 2.45) is 0 Å². The topological polar surface area (TPSA) is 49.6 Å². The number of benzene rings is 1. The van der Waals surface area contributed by atoms with E-state index >= 15 is 0 Å². The molecular weight excluding hydrogens is 402 g/mol. The SMILES string of the molecule is Cc1nc2c(N3CCN(C)CC3)nc3cc(F)c(C(F)(F)C(F)(F)F)cc3n2n1. The Morgan fingerprint density at radius 2 is 1.62 bits per heavy atom. The first-order valence-corrected chi connectivity index (χ1v) is 8.74. The average Bonchev–Trinajstić information content (AvgIpc) is 3.01. The number of alkyl halides is 5. The molecule has 1 aliphatic heterocycles. The van der Waals surface area contributed by atoms with Gasteiger partial charge in [-0.15, -0.1) is 0 Å². The number of likely N-dealkylation sites (N-methyl/N-ethyl adjacent to an activating group) is 1. The van der Waals surface area contributed by atoms with Crippen LogP contribution in [-0.4, -0.2) is 63.9 Å².